The highest BCUT2D eigenvalue weighted by atomic mass is 19.4. The first kappa shape index (κ1) is 27.7. The summed E-state index contributed by atoms with van der Waals surface area (Å²) in [5, 5.41) is 6.55. The molecular weight excluding hydrogens is 483 g/mol. The van der Waals surface area contributed by atoms with E-state index in [9.17, 15) is 22.0 Å². The first-order valence-electron chi connectivity index (χ1n) is 12.7. The van der Waals surface area contributed by atoms with Crippen LogP contribution < -0.4 is 21.5 Å². The summed E-state index contributed by atoms with van der Waals surface area (Å²) in [5.74, 6) is -0.901. The fraction of sp³-hybridized carbons (Fsp3) is 0.760. The van der Waals surface area contributed by atoms with Crippen LogP contribution in [0.1, 0.15) is 64.4 Å². The molecule has 11 heteroatoms. The zero-order valence-electron chi connectivity index (χ0n) is 20.7. The second-order valence-corrected chi connectivity index (χ2v) is 10.8. The number of hydrogen-bond acceptors (Lipinski definition) is 6. The average Bonchev–Trinajstić information content (AvgIpc) is 3.30. The van der Waals surface area contributed by atoms with Gasteiger partial charge < -0.3 is 9.47 Å². The Labute approximate surface area is 209 Å². The van der Waals surface area contributed by atoms with Crippen molar-refractivity contribution in [2.45, 2.75) is 114 Å². The lowest BCUT2D eigenvalue weighted by Crippen LogP contribution is -2.65. The Balaban J connectivity index is 1.60. The zero-order valence-corrected chi connectivity index (χ0v) is 20.7. The SMILES string of the molecule is CC1(C)CCCCC[C@](OCc2ccccc2)(C(F)(F)F)C2NNC(O2)C2CCC(C(F)F)C(N2)N1. The number of rotatable bonds is 4. The van der Waals surface area contributed by atoms with Gasteiger partial charge in [0.2, 0.25) is 12.0 Å². The predicted octanol–water partition coefficient (Wildman–Crippen LogP) is 4.57. The molecule has 204 valence electrons. The van der Waals surface area contributed by atoms with Crippen LogP contribution in [0.15, 0.2) is 30.3 Å². The van der Waals surface area contributed by atoms with Gasteiger partial charge in [0, 0.05) is 17.5 Å². The number of hydrogen-bond donors (Lipinski definition) is 4. The van der Waals surface area contributed by atoms with Crippen LogP contribution in [0.3, 0.4) is 0 Å². The van der Waals surface area contributed by atoms with Gasteiger partial charge in [-0.3, -0.25) is 10.6 Å². The highest BCUT2D eigenvalue weighted by molar-refractivity contribution is 5.14. The van der Waals surface area contributed by atoms with Gasteiger partial charge in [0.15, 0.2) is 6.23 Å². The van der Waals surface area contributed by atoms with Crippen molar-refractivity contribution in [3.63, 3.8) is 0 Å². The molecule has 36 heavy (non-hydrogen) atoms. The minimum absolute atomic E-state index is 0.219. The molecule has 3 saturated heterocycles. The molecule has 3 aliphatic rings. The van der Waals surface area contributed by atoms with Gasteiger partial charge in [0.1, 0.15) is 6.23 Å². The monoisotopic (exact) mass is 520 g/mol. The Morgan fingerprint density at radius 2 is 1.75 bits per heavy atom. The lowest BCUT2D eigenvalue weighted by molar-refractivity contribution is -0.320. The lowest BCUT2D eigenvalue weighted by Gasteiger charge is -2.44. The van der Waals surface area contributed by atoms with Crippen LogP contribution in [0.4, 0.5) is 22.0 Å². The first-order valence-corrected chi connectivity index (χ1v) is 12.7. The molecule has 4 N–H and O–H groups in total. The molecule has 3 heterocycles. The molecule has 0 aliphatic carbocycles. The van der Waals surface area contributed by atoms with Gasteiger partial charge in [0.25, 0.3) is 0 Å². The van der Waals surface area contributed by atoms with Gasteiger partial charge in [-0.2, -0.15) is 13.2 Å². The van der Waals surface area contributed by atoms with Crippen LogP contribution in [0.5, 0.6) is 0 Å². The van der Waals surface area contributed by atoms with E-state index in [1.54, 1.807) is 30.3 Å². The van der Waals surface area contributed by atoms with Crippen molar-refractivity contribution in [3.05, 3.63) is 35.9 Å². The van der Waals surface area contributed by atoms with Crippen LogP contribution >= 0.6 is 0 Å². The molecule has 0 amide bonds. The Kier molecular flexibility index (Phi) is 8.58. The lowest BCUT2D eigenvalue weighted by atomic mass is 9.87. The summed E-state index contributed by atoms with van der Waals surface area (Å²) in [6, 6.07) is 8.27. The zero-order chi connectivity index (χ0) is 26.0. The van der Waals surface area contributed by atoms with Gasteiger partial charge in [0.05, 0.1) is 12.8 Å². The molecule has 4 bridgehead atoms. The molecule has 3 aliphatic heterocycles. The highest BCUT2D eigenvalue weighted by Gasteiger charge is 2.63. The third kappa shape index (κ3) is 6.19. The predicted molar refractivity (Wildman–Crippen MR) is 125 cm³/mol. The van der Waals surface area contributed by atoms with Crippen LogP contribution in [-0.2, 0) is 16.1 Å². The maximum atomic E-state index is 14.8. The van der Waals surface area contributed by atoms with Gasteiger partial charge in [-0.1, -0.05) is 49.6 Å². The fourth-order valence-corrected chi connectivity index (χ4v) is 5.49. The summed E-state index contributed by atoms with van der Waals surface area (Å²) < 4.78 is 83.5. The van der Waals surface area contributed by atoms with E-state index in [1.807, 2.05) is 13.8 Å². The third-order valence-corrected chi connectivity index (χ3v) is 7.60. The molecule has 4 rings (SSSR count). The summed E-state index contributed by atoms with van der Waals surface area (Å²) in [4.78, 5) is 0. The van der Waals surface area contributed by atoms with Crippen molar-refractivity contribution in [1.29, 1.82) is 0 Å². The van der Waals surface area contributed by atoms with E-state index in [0.29, 0.717) is 31.2 Å². The summed E-state index contributed by atoms with van der Waals surface area (Å²) in [6.45, 7) is 3.67. The Hall–Kier alpha value is -1.37. The van der Waals surface area contributed by atoms with Gasteiger partial charge >= 0.3 is 6.18 Å². The van der Waals surface area contributed by atoms with E-state index in [2.05, 4.69) is 21.5 Å². The van der Waals surface area contributed by atoms with Gasteiger partial charge in [-0.25, -0.2) is 19.6 Å². The van der Waals surface area contributed by atoms with Crippen molar-refractivity contribution in [3.8, 4) is 0 Å². The molecule has 0 aromatic heterocycles. The molecular formula is C25H37F5N4O2. The summed E-state index contributed by atoms with van der Waals surface area (Å²) in [6.07, 6.45) is -7.83. The molecule has 3 fully saturated rings. The quantitative estimate of drug-likeness (QED) is 0.437. The van der Waals surface area contributed by atoms with E-state index >= 15 is 0 Å². The summed E-state index contributed by atoms with van der Waals surface area (Å²) >= 11 is 0. The number of nitrogens with one attached hydrogen (secondary N) is 4. The number of hydrazine groups is 1. The second-order valence-electron chi connectivity index (χ2n) is 10.8. The van der Waals surface area contributed by atoms with Gasteiger partial charge in [-0.15, -0.1) is 0 Å². The van der Waals surface area contributed by atoms with Crippen molar-refractivity contribution in [2.75, 3.05) is 0 Å². The maximum absolute atomic E-state index is 14.8. The van der Waals surface area contributed by atoms with Crippen molar-refractivity contribution in [1.82, 2.24) is 21.5 Å². The molecule has 6 nitrogen and oxygen atoms in total. The van der Waals surface area contributed by atoms with Crippen LogP contribution in [0.2, 0.25) is 0 Å². The largest absolute Gasteiger partial charge is 0.421 e. The smallest absolute Gasteiger partial charge is 0.357 e. The second kappa shape index (κ2) is 11.2. The third-order valence-electron chi connectivity index (χ3n) is 7.60. The van der Waals surface area contributed by atoms with Crippen LogP contribution in [0.25, 0.3) is 0 Å². The van der Waals surface area contributed by atoms with Crippen LogP contribution in [-0.4, -0.2) is 48.4 Å². The van der Waals surface area contributed by atoms with E-state index in [-0.39, 0.29) is 25.9 Å². The van der Waals surface area contributed by atoms with E-state index in [1.165, 1.54) is 0 Å². The van der Waals surface area contributed by atoms with Crippen molar-refractivity contribution in [2.24, 2.45) is 5.92 Å². The number of ether oxygens (including phenoxy) is 2. The first-order chi connectivity index (χ1) is 17.0. The standard InChI is InChI=1S/C25H37F5N4O2/c1-23(2)13-7-4-8-14-24(25(28,29)30,35-15-16-9-5-3-6-10-16)22-34-33-21(36-22)18-12-11-17(19(26)27)20(31-18)32-23/h3,5-6,9-10,17-22,31-34H,4,7-8,11-15H2,1-2H3/t17?,18?,20?,21?,22?,24-/m1/s1. The topological polar surface area (TPSA) is 66.6 Å². The van der Waals surface area contributed by atoms with E-state index < -0.39 is 54.3 Å². The highest BCUT2D eigenvalue weighted by Crippen LogP contribution is 2.43. The fourth-order valence-electron chi connectivity index (χ4n) is 5.49. The summed E-state index contributed by atoms with van der Waals surface area (Å²) in [7, 11) is 0. The molecule has 0 saturated carbocycles. The summed E-state index contributed by atoms with van der Waals surface area (Å²) in [5.41, 5.74) is 3.11. The number of piperidine rings is 1. The molecule has 0 radical (unpaired) electrons. The number of halogens is 5. The maximum Gasteiger partial charge on any atom is 0.421 e. The Morgan fingerprint density at radius 1 is 1.03 bits per heavy atom. The van der Waals surface area contributed by atoms with E-state index in [4.69, 9.17) is 9.47 Å². The number of benzene rings is 1. The number of fused-ring (bicyclic) bond motifs is 5. The Bertz CT molecular complexity index is 843. The Morgan fingerprint density at radius 3 is 2.44 bits per heavy atom. The molecule has 5 unspecified atom stereocenters. The molecule has 1 aromatic rings. The molecule has 6 atom stereocenters. The number of alkyl halides is 5. The average molecular weight is 521 g/mol. The minimum Gasteiger partial charge on any atom is -0.357 e. The minimum atomic E-state index is -4.71. The molecule has 0 spiro atoms. The molecule has 1 aromatic carbocycles. The van der Waals surface area contributed by atoms with E-state index in [0.717, 1.165) is 0 Å². The normalized spacial score (nSPS) is 35.9. The van der Waals surface area contributed by atoms with Gasteiger partial charge in [-0.05, 0) is 45.1 Å². The van der Waals surface area contributed by atoms with Crippen molar-refractivity contribution < 1.29 is 31.4 Å². The van der Waals surface area contributed by atoms with Crippen LogP contribution in [0, 0.1) is 5.92 Å². The van der Waals surface area contributed by atoms with Crippen molar-refractivity contribution >= 4 is 0 Å².